The van der Waals surface area contributed by atoms with Crippen molar-refractivity contribution in [2.45, 2.75) is 32.6 Å². The summed E-state index contributed by atoms with van der Waals surface area (Å²) in [7, 11) is 0. The largest absolute Gasteiger partial charge is 0.355 e. The lowest BCUT2D eigenvalue weighted by molar-refractivity contribution is 0.484. The van der Waals surface area contributed by atoms with Crippen LogP contribution < -0.4 is 4.90 Å². The monoisotopic (exact) mass is 230 g/mol. The molecule has 0 unspecified atom stereocenters. The minimum Gasteiger partial charge on any atom is -0.355 e. The second-order valence-electron chi connectivity index (χ2n) is 4.86. The Kier molecular flexibility index (Phi) is 3.58. The van der Waals surface area contributed by atoms with E-state index in [4.69, 9.17) is 5.26 Å². The second-order valence-corrected chi connectivity index (χ2v) is 4.86. The number of hydrogen-bond donors (Lipinski definition) is 0. The summed E-state index contributed by atoms with van der Waals surface area (Å²) in [6.45, 7) is 6.05. The van der Waals surface area contributed by atoms with Crippen LogP contribution in [0.4, 0.5) is 5.82 Å². The average molecular weight is 230 g/mol. The Morgan fingerprint density at radius 3 is 2.47 bits per heavy atom. The number of nitriles is 1. The molecule has 2 heterocycles. The van der Waals surface area contributed by atoms with Crippen LogP contribution in [0.1, 0.15) is 38.3 Å². The number of piperidine rings is 1. The number of aromatic nitrogens is 2. The summed E-state index contributed by atoms with van der Waals surface area (Å²) in [5.74, 6) is 1.57. The van der Waals surface area contributed by atoms with Crippen LogP contribution in [0.15, 0.2) is 12.1 Å². The fourth-order valence-corrected chi connectivity index (χ4v) is 2.05. The van der Waals surface area contributed by atoms with Crippen LogP contribution in [0.2, 0.25) is 0 Å². The van der Waals surface area contributed by atoms with Gasteiger partial charge in [0.15, 0.2) is 5.82 Å². The zero-order valence-corrected chi connectivity index (χ0v) is 10.4. The standard InChI is InChI=1S/C13H18N4/c1-10(2)12-3-4-13(16-15-12)17-7-5-11(9-14)6-8-17/h3-4,10-11H,5-8H2,1-2H3. The molecule has 17 heavy (non-hydrogen) atoms. The highest BCUT2D eigenvalue weighted by molar-refractivity contribution is 5.38. The quantitative estimate of drug-likeness (QED) is 0.782. The highest BCUT2D eigenvalue weighted by atomic mass is 15.3. The van der Waals surface area contributed by atoms with Crippen LogP contribution in [0.25, 0.3) is 0 Å². The van der Waals surface area contributed by atoms with E-state index in [0.717, 1.165) is 37.4 Å². The first-order valence-electron chi connectivity index (χ1n) is 6.19. The molecule has 0 aliphatic carbocycles. The molecule has 0 amide bonds. The summed E-state index contributed by atoms with van der Waals surface area (Å²) < 4.78 is 0. The van der Waals surface area contributed by atoms with E-state index in [-0.39, 0.29) is 5.92 Å². The van der Waals surface area contributed by atoms with Crippen LogP contribution in [-0.2, 0) is 0 Å². The van der Waals surface area contributed by atoms with E-state index in [1.54, 1.807) is 0 Å². The highest BCUT2D eigenvalue weighted by Gasteiger charge is 2.19. The molecule has 0 N–H and O–H groups in total. The van der Waals surface area contributed by atoms with E-state index in [1.807, 2.05) is 12.1 Å². The van der Waals surface area contributed by atoms with Crippen molar-refractivity contribution in [3.05, 3.63) is 17.8 Å². The van der Waals surface area contributed by atoms with E-state index in [2.05, 4.69) is 35.0 Å². The predicted molar refractivity (Wildman–Crippen MR) is 66.7 cm³/mol. The molecule has 90 valence electrons. The van der Waals surface area contributed by atoms with E-state index in [1.165, 1.54) is 0 Å². The third-order valence-corrected chi connectivity index (χ3v) is 3.26. The number of hydrogen-bond acceptors (Lipinski definition) is 4. The average Bonchev–Trinajstić information content (AvgIpc) is 2.39. The molecule has 2 rings (SSSR count). The molecule has 0 bridgehead atoms. The van der Waals surface area contributed by atoms with Crippen molar-refractivity contribution >= 4 is 5.82 Å². The molecular formula is C13H18N4. The first-order chi connectivity index (χ1) is 8.20. The van der Waals surface area contributed by atoms with Gasteiger partial charge in [0.25, 0.3) is 0 Å². The summed E-state index contributed by atoms with van der Waals surface area (Å²) in [6.07, 6.45) is 1.87. The number of rotatable bonds is 2. The van der Waals surface area contributed by atoms with Gasteiger partial charge in [0.05, 0.1) is 11.8 Å². The molecule has 0 atom stereocenters. The normalized spacial score (nSPS) is 17.2. The molecule has 0 saturated carbocycles. The Bertz CT molecular complexity index is 396. The first kappa shape index (κ1) is 11.8. The minimum absolute atomic E-state index is 0.217. The summed E-state index contributed by atoms with van der Waals surface area (Å²) >= 11 is 0. The van der Waals surface area contributed by atoms with E-state index >= 15 is 0 Å². The van der Waals surface area contributed by atoms with Gasteiger partial charge < -0.3 is 4.90 Å². The Balaban J connectivity index is 2.02. The fourth-order valence-electron chi connectivity index (χ4n) is 2.05. The molecule has 1 saturated heterocycles. The molecule has 1 aromatic heterocycles. The van der Waals surface area contributed by atoms with E-state index in [0.29, 0.717) is 5.92 Å². The number of nitrogens with zero attached hydrogens (tertiary/aromatic N) is 4. The van der Waals surface area contributed by atoms with Gasteiger partial charge in [0.2, 0.25) is 0 Å². The molecule has 4 nitrogen and oxygen atoms in total. The Hall–Kier alpha value is -1.63. The van der Waals surface area contributed by atoms with E-state index < -0.39 is 0 Å². The van der Waals surface area contributed by atoms with Gasteiger partial charge >= 0.3 is 0 Å². The maximum absolute atomic E-state index is 8.85. The maximum atomic E-state index is 8.85. The van der Waals surface area contributed by atoms with Crippen molar-refractivity contribution in [2.75, 3.05) is 18.0 Å². The van der Waals surface area contributed by atoms with Crippen LogP contribution in [0.3, 0.4) is 0 Å². The molecule has 0 aromatic carbocycles. The van der Waals surface area contributed by atoms with Crippen LogP contribution in [0.5, 0.6) is 0 Å². The van der Waals surface area contributed by atoms with Gasteiger partial charge in [-0.3, -0.25) is 0 Å². The van der Waals surface area contributed by atoms with Crippen molar-refractivity contribution in [1.29, 1.82) is 5.26 Å². The Morgan fingerprint density at radius 1 is 1.29 bits per heavy atom. The second kappa shape index (κ2) is 5.13. The van der Waals surface area contributed by atoms with Crippen LogP contribution >= 0.6 is 0 Å². The summed E-state index contributed by atoms with van der Waals surface area (Å²) in [5, 5.41) is 17.4. The molecule has 1 aliphatic rings. The first-order valence-corrected chi connectivity index (χ1v) is 6.19. The van der Waals surface area contributed by atoms with Gasteiger partial charge in [0, 0.05) is 19.0 Å². The summed E-state index contributed by atoms with van der Waals surface area (Å²) in [6, 6.07) is 6.42. The predicted octanol–water partition coefficient (Wildman–Crippen LogP) is 2.34. The van der Waals surface area contributed by atoms with Crippen molar-refractivity contribution in [2.24, 2.45) is 5.92 Å². The fraction of sp³-hybridized carbons (Fsp3) is 0.615. The van der Waals surface area contributed by atoms with Crippen molar-refractivity contribution in [1.82, 2.24) is 10.2 Å². The molecule has 1 fully saturated rings. The molecule has 1 aromatic rings. The Labute approximate surface area is 102 Å². The maximum Gasteiger partial charge on any atom is 0.151 e. The molecule has 0 radical (unpaired) electrons. The van der Waals surface area contributed by atoms with Crippen molar-refractivity contribution < 1.29 is 0 Å². The summed E-state index contributed by atoms with van der Waals surface area (Å²) in [4.78, 5) is 2.21. The van der Waals surface area contributed by atoms with Gasteiger partial charge in [-0.15, -0.1) is 5.10 Å². The smallest absolute Gasteiger partial charge is 0.151 e. The van der Waals surface area contributed by atoms with Gasteiger partial charge in [0.1, 0.15) is 0 Å². The van der Waals surface area contributed by atoms with Crippen molar-refractivity contribution in [3.8, 4) is 6.07 Å². The molecule has 1 aliphatic heterocycles. The zero-order valence-electron chi connectivity index (χ0n) is 10.4. The third kappa shape index (κ3) is 2.73. The molecule has 0 spiro atoms. The van der Waals surface area contributed by atoms with E-state index in [9.17, 15) is 0 Å². The molecule has 4 heteroatoms. The van der Waals surface area contributed by atoms with Gasteiger partial charge in [-0.25, -0.2) is 0 Å². The topological polar surface area (TPSA) is 52.8 Å². The third-order valence-electron chi connectivity index (χ3n) is 3.26. The van der Waals surface area contributed by atoms with Gasteiger partial charge in [-0.1, -0.05) is 13.8 Å². The van der Waals surface area contributed by atoms with Crippen molar-refractivity contribution in [3.63, 3.8) is 0 Å². The Morgan fingerprint density at radius 2 is 2.00 bits per heavy atom. The lowest BCUT2D eigenvalue weighted by Gasteiger charge is -2.29. The summed E-state index contributed by atoms with van der Waals surface area (Å²) in [5.41, 5.74) is 1.03. The minimum atomic E-state index is 0.217. The SMILES string of the molecule is CC(C)c1ccc(N2CCC(C#N)CC2)nn1. The highest BCUT2D eigenvalue weighted by Crippen LogP contribution is 2.21. The zero-order chi connectivity index (χ0) is 12.3. The molecular weight excluding hydrogens is 212 g/mol. The van der Waals surface area contributed by atoms with Gasteiger partial charge in [-0.2, -0.15) is 10.4 Å². The lowest BCUT2D eigenvalue weighted by atomic mass is 9.99. The number of anilines is 1. The van der Waals surface area contributed by atoms with Gasteiger partial charge in [-0.05, 0) is 30.9 Å². The van der Waals surface area contributed by atoms with Crippen LogP contribution in [-0.4, -0.2) is 23.3 Å². The van der Waals surface area contributed by atoms with Crippen LogP contribution in [0, 0.1) is 17.2 Å². The lowest BCUT2D eigenvalue weighted by Crippen LogP contribution is -2.34.